The third-order valence-corrected chi connectivity index (χ3v) is 5.51. The molecule has 2 aromatic heterocycles. The lowest BCUT2D eigenvalue weighted by Gasteiger charge is -2.31. The number of nitrogens with zero attached hydrogens (tertiary/aromatic N) is 4. The maximum Gasteiger partial charge on any atom is 0.214 e. The van der Waals surface area contributed by atoms with Gasteiger partial charge in [-0.05, 0) is 68.3 Å². The molecule has 1 unspecified atom stereocenters. The van der Waals surface area contributed by atoms with Crippen LogP contribution in [-0.4, -0.2) is 39.5 Å². The zero-order chi connectivity index (χ0) is 21.1. The molecule has 0 spiro atoms. The van der Waals surface area contributed by atoms with E-state index < -0.39 is 6.04 Å². The first kappa shape index (κ1) is 20.7. The summed E-state index contributed by atoms with van der Waals surface area (Å²) in [5.74, 6) is 1.20. The van der Waals surface area contributed by atoms with Gasteiger partial charge in [0.2, 0.25) is 5.82 Å². The van der Waals surface area contributed by atoms with Crippen LogP contribution in [0.15, 0.2) is 47.1 Å². The number of hydrogen-bond donors (Lipinski definition) is 1. The number of benzene rings is 1. The van der Waals surface area contributed by atoms with Gasteiger partial charge in [-0.15, -0.1) is 5.10 Å². The highest BCUT2D eigenvalue weighted by Crippen LogP contribution is 2.25. The third kappa shape index (κ3) is 4.44. The van der Waals surface area contributed by atoms with E-state index in [1.807, 2.05) is 45.0 Å². The largest absolute Gasteiger partial charge is 0.463 e. The Bertz CT molecular complexity index is 945. The molecule has 0 amide bonds. The topological polar surface area (TPSA) is 70.4 Å². The lowest BCUT2D eigenvalue weighted by Crippen LogP contribution is -3.12. The van der Waals surface area contributed by atoms with Gasteiger partial charge >= 0.3 is 0 Å². The molecule has 3 atom stereocenters. The summed E-state index contributed by atoms with van der Waals surface area (Å²) in [6.07, 6.45) is 3.82. The standard InChI is InChI=1S/C22H28FN5O2/c1-22(2,3)28-21(24-25-26-28)20(18-10-4-5-11-19(18)23)27(14-16-8-6-12-29-16)15-17-9-7-13-30-17/h4-6,8,10-12,17,20H,7,9,13-15H2,1-3H3/p+1/t17-,20+/m0/s1. The monoisotopic (exact) mass is 414 g/mol. The van der Waals surface area contributed by atoms with Gasteiger partial charge in [-0.25, -0.2) is 9.07 Å². The van der Waals surface area contributed by atoms with Gasteiger partial charge in [0.25, 0.3) is 0 Å². The summed E-state index contributed by atoms with van der Waals surface area (Å²) in [5.41, 5.74) is 0.222. The van der Waals surface area contributed by atoms with E-state index in [0.717, 1.165) is 30.1 Å². The maximum absolute atomic E-state index is 15.1. The molecular formula is C22H29FN5O2+. The predicted octanol–water partition coefficient (Wildman–Crippen LogP) is 2.51. The Kier molecular flexibility index (Phi) is 5.97. The molecule has 1 aliphatic heterocycles. The maximum atomic E-state index is 15.1. The first-order chi connectivity index (χ1) is 14.4. The Hall–Kier alpha value is -2.58. The highest BCUT2D eigenvalue weighted by Gasteiger charge is 2.38. The number of furan rings is 1. The van der Waals surface area contributed by atoms with Crippen LogP contribution in [0.3, 0.4) is 0 Å². The van der Waals surface area contributed by atoms with Crippen LogP contribution in [0.25, 0.3) is 0 Å². The van der Waals surface area contributed by atoms with Crippen LogP contribution in [0.5, 0.6) is 0 Å². The fourth-order valence-electron chi connectivity index (χ4n) is 4.13. The zero-order valence-electron chi connectivity index (χ0n) is 17.7. The van der Waals surface area contributed by atoms with Crippen molar-refractivity contribution in [2.75, 3.05) is 13.2 Å². The van der Waals surface area contributed by atoms with Gasteiger partial charge in [-0.1, -0.05) is 12.1 Å². The van der Waals surface area contributed by atoms with Crippen LogP contribution in [0, 0.1) is 5.82 Å². The van der Waals surface area contributed by atoms with Crippen molar-refractivity contribution in [1.29, 1.82) is 0 Å². The number of tetrazole rings is 1. The highest BCUT2D eigenvalue weighted by atomic mass is 19.1. The summed E-state index contributed by atoms with van der Waals surface area (Å²) in [5, 5.41) is 12.6. The van der Waals surface area contributed by atoms with Gasteiger partial charge in [0.1, 0.15) is 25.0 Å². The minimum atomic E-state index is -0.408. The summed E-state index contributed by atoms with van der Waals surface area (Å²) in [7, 11) is 0. The molecule has 8 heteroatoms. The molecule has 1 saturated heterocycles. The minimum Gasteiger partial charge on any atom is -0.463 e. The SMILES string of the molecule is CC(C)(C)n1nnnc1[C@@H](c1ccccc1F)[NH+](Cc1ccco1)C[C@@H]1CCCO1. The van der Waals surface area contributed by atoms with Crippen molar-refractivity contribution >= 4 is 0 Å². The van der Waals surface area contributed by atoms with Crippen LogP contribution >= 0.6 is 0 Å². The molecule has 1 aromatic carbocycles. The lowest BCUT2D eigenvalue weighted by molar-refractivity contribution is -0.943. The van der Waals surface area contributed by atoms with E-state index >= 15 is 4.39 Å². The Morgan fingerprint density at radius 1 is 1.23 bits per heavy atom. The summed E-state index contributed by atoms with van der Waals surface area (Å²) in [6.45, 7) is 8.16. The molecule has 4 rings (SSSR count). The van der Waals surface area contributed by atoms with Gasteiger partial charge in [0.15, 0.2) is 11.8 Å². The number of nitrogens with one attached hydrogen (secondary N) is 1. The first-order valence-electron chi connectivity index (χ1n) is 10.4. The van der Waals surface area contributed by atoms with Crippen molar-refractivity contribution in [3.05, 3.63) is 65.6 Å². The number of hydrogen-bond acceptors (Lipinski definition) is 5. The summed E-state index contributed by atoms with van der Waals surface area (Å²) in [6, 6.07) is 10.3. The Balaban J connectivity index is 1.81. The molecule has 1 N–H and O–H groups in total. The Morgan fingerprint density at radius 3 is 2.73 bits per heavy atom. The molecule has 160 valence electrons. The molecular weight excluding hydrogens is 385 g/mol. The van der Waals surface area contributed by atoms with Crippen LogP contribution < -0.4 is 4.90 Å². The van der Waals surface area contributed by atoms with E-state index in [0.29, 0.717) is 24.5 Å². The fourth-order valence-corrected chi connectivity index (χ4v) is 4.13. The van der Waals surface area contributed by atoms with E-state index in [1.165, 1.54) is 6.07 Å². The lowest BCUT2D eigenvalue weighted by atomic mass is 10.0. The second-order valence-corrected chi connectivity index (χ2v) is 8.83. The van der Waals surface area contributed by atoms with Crippen LogP contribution in [0.2, 0.25) is 0 Å². The predicted molar refractivity (Wildman–Crippen MR) is 108 cm³/mol. The van der Waals surface area contributed by atoms with Gasteiger partial charge in [-0.3, -0.25) is 0 Å². The van der Waals surface area contributed by atoms with Crippen LogP contribution in [-0.2, 0) is 16.8 Å². The molecule has 0 radical (unpaired) electrons. The van der Waals surface area contributed by atoms with Crippen molar-refractivity contribution in [2.45, 2.75) is 57.8 Å². The normalized spacial score (nSPS) is 19.1. The molecule has 0 aliphatic carbocycles. The first-order valence-corrected chi connectivity index (χ1v) is 10.4. The Morgan fingerprint density at radius 2 is 2.07 bits per heavy atom. The molecule has 1 aliphatic rings. The molecule has 7 nitrogen and oxygen atoms in total. The highest BCUT2D eigenvalue weighted by molar-refractivity contribution is 5.24. The quantitative estimate of drug-likeness (QED) is 0.643. The zero-order valence-corrected chi connectivity index (χ0v) is 17.7. The second kappa shape index (κ2) is 8.65. The summed E-state index contributed by atoms with van der Waals surface area (Å²) in [4.78, 5) is 1.09. The van der Waals surface area contributed by atoms with Gasteiger partial charge in [-0.2, -0.15) is 0 Å². The van der Waals surface area contributed by atoms with E-state index in [9.17, 15) is 0 Å². The number of halogens is 1. The molecule has 0 saturated carbocycles. The second-order valence-electron chi connectivity index (χ2n) is 8.83. The number of ether oxygens (including phenoxy) is 1. The minimum absolute atomic E-state index is 0.114. The number of aromatic nitrogens is 4. The molecule has 3 heterocycles. The van der Waals surface area contributed by atoms with Crippen LogP contribution in [0.4, 0.5) is 4.39 Å². The van der Waals surface area contributed by atoms with Gasteiger partial charge < -0.3 is 14.1 Å². The number of rotatable bonds is 7. The van der Waals surface area contributed by atoms with Crippen molar-refractivity contribution in [1.82, 2.24) is 20.2 Å². The van der Waals surface area contributed by atoms with Gasteiger partial charge in [0.05, 0.1) is 17.4 Å². The number of quaternary nitrogens is 1. The molecule has 3 aromatic rings. The van der Waals surface area contributed by atoms with Crippen molar-refractivity contribution in [2.24, 2.45) is 0 Å². The fraction of sp³-hybridized carbons (Fsp3) is 0.500. The van der Waals surface area contributed by atoms with E-state index in [-0.39, 0.29) is 17.5 Å². The molecule has 30 heavy (non-hydrogen) atoms. The summed E-state index contributed by atoms with van der Waals surface area (Å²) >= 11 is 0. The van der Waals surface area contributed by atoms with E-state index in [2.05, 4.69) is 15.5 Å². The van der Waals surface area contributed by atoms with Crippen molar-refractivity contribution in [3.8, 4) is 0 Å². The van der Waals surface area contributed by atoms with Crippen molar-refractivity contribution < 1.29 is 18.4 Å². The molecule has 0 bridgehead atoms. The summed E-state index contributed by atoms with van der Waals surface area (Å²) < 4.78 is 28.4. The Labute approximate surface area is 175 Å². The third-order valence-electron chi connectivity index (χ3n) is 5.51. The van der Waals surface area contributed by atoms with Crippen molar-refractivity contribution in [3.63, 3.8) is 0 Å². The average molecular weight is 415 g/mol. The van der Waals surface area contributed by atoms with E-state index in [1.54, 1.807) is 17.0 Å². The van der Waals surface area contributed by atoms with Crippen LogP contribution in [0.1, 0.15) is 56.8 Å². The smallest absolute Gasteiger partial charge is 0.214 e. The average Bonchev–Trinajstić information content (AvgIpc) is 3.45. The van der Waals surface area contributed by atoms with Gasteiger partial charge in [0, 0.05) is 6.61 Å². The molecule has 1 fully saturated rings. The van der Waals surface area contributed by atoms with E-state index in [4.69, 9.17) is 9.15 Å².